The van der Waals surface area contributed by atoms with Crippen LogP contribution in [0.5, 0.6) is 5.75 Å². The van der Waals surface area contributed by atoms with Gasteiger partial charge in [-0.05, 0) is 24.6 Å². The van der Waals surface area contributed by atoms with Gasteiger partial charge in [-0.25, -0.2) is 0 Å². The van der Waals surface area contributed by atoms with E-state index < -0.39 is 6.10 Å². The minimum absolute atomic E-state index is 0.0386. The Kier molecular flexibility index (Phi) is 4.97. The first-order valence-corrected chi connectivity index (χ1v) is 5.61. The molecule has 94 valence electrons. The fourth-order valence-corrected chi connectivity index (χ4v) is 1.34. The summed E-state index contributed by atoms with van der Waals surface area (Å²) in [6.07, 6.45) is -0.159. The average molecular weight is 237 g/mol. The van der Waals surface area contributed by atoms with Crippen molar-refractivity contribution in [3.05, 3.63) is 29.8 Å². The summed E-state index contributed by atoms with van der Waals surface area (Å²) in [6.45, 7) is 2.05. The highest BCUT2D eigenvalue weighted by Crippen LogP contribution is 2.18. The van der Waals surface area contributed by atoms with Crippen molar-refractivity contribution in [2.24, 2.45) is 0 Å². The Morgan fingerprint density at radius 3 is 2.76 bits per heavy atom. The van der Waals surface area contributed by atoms with Gasteiger partial charge in [0, 0.05) is 14.1 Å². The first-order chi connectivity index (χ1) is 8.00. The van der Waals surface area contributed by atoms with E-state index in [-0.39, 0.29) is 5.91 Å². The molecule has 1 amide bonds. The van der Waals surface area contributed by atoms with Crippen molar-refractivity contribution in [3.63, 3.8) is 0 Å². The molecule has 0 spiro atoms. The summed E-state index contributed by atoms with van der Waals surface area (Å²) in [6, 6.07) is 7.25. The molecule has 0 heterocycles. The zero-order valence-corrected chi connectivity index (χ0v) is 10.5. The maximum atomic E-state index is 11.3. The molecule has 0 aliphatic heterocycles. The van der Waals surface area contributed by atoms with E-state index in [1.165, 1.54) is 4.90 Å². The fourth-order valence-electron chi connectivity index (χ4n) is 1.34. The maximum Gasteiger partial charge on any atom is 0.225 e. The third-order valence-electron chi connectivity index (χ3n) is 2.42. The van der Waals surface area contributed by atoms with Gasteiger partial charge in [-0.2, -0.15) is 0 Å². The molecule has 1 aromatic carbocycles. The van der Waals surface area contributed by atoms with E-state index >= 15 is 0 Å². The minimum atomic E-state index is -0.512. The van der Waals surface area contributed by atoms with Crippen molar-refractivity contribution >= 4 is 5.91 Å². The molecule has 4 heteroatoms. The summed E-state index contributed by atoms with van der Waals surface area (Å²) < 4.78 is 5.46. The van der Waals surface area contributed by atoms with Crippen LogP contribution in [0.1, 0.15) is 25.0 Å². The summed E-state index contributed by atoms with van der Waals surface area (Å²) in [5, 5.41) is 9.42. The van der Waals surface area contributed by atoms with Crippen LogP contribution < -0.4 is 4.74 Å². The Bertz CT molecular complexity index is 375. The molecule has 1 aromatic rings. The third-order valence-corrected chi connectivity index (χ3v) is 2.42. The number of rotatable bonds is 5. The van der Waals surface area contributed by atoms with Gasteiger partial charge in [0.2, 0.25) is 5.91 Å². The molecule has 1 N–H and O–H groups in total. The number of hydrogen-bond acceptors (Lipinski definition) is 3. The molecule has 0 aliphatic rings. The zero-order valence-electron chi connectivity index (χ0n) is 10.5. The van der Waals surface area contributed by atoms with Crippen LogP contribution in [0.3, 0.4) is 0 Å². The molecule has 0 radical (unpaired) electrons. The van der Waals surface area contributed by atoms with Gasteiger partial charge in [0.25, 0.3) is 0 Å². The molecule has 1 rings (SSSR count). The van der Waals surface area contributed by atoms with E-state index in [1.807, 2.05) is 18.2 Å². The second kappa shape index (κ2) is 6.25. The van der Waals surface area contributed by atoms with Crippen LogP contribution in [0.25, 0.3) is 0 Å². The lowest BCUT2D eigenvalue weighted by Crippen LogP contribution is -2.23. The molecule has 17 heavy (non-hydrogen) atoms. The van der Waals surface area contributed by atoms with Crippen molar-refractivity contribution in [3.8, 4) is 5.75 Å². The molecule has 0 saturated carbocycles. The quantitative estimate of drug-likeness (QED) is 0.846. The lowest BCUT2D eigenvalue weighted by Gasteiger charge is -2.12. The Morgan fingerprint density at radius 2 is 2.18 bits per heavy atom. The van der Waals surface area contributed by atoms with Crippen LogP contribution >= 0.6 is 0 Å². The van der Waals surface area contributed by atoms with Gasteiger partial charge in [-0.3, -0.25) is 4.79 Å². The topological polar surface area (TPSA) is 49.8 Å². The minimum Gasteiger partial charge on any atom is -0.493 e. The van der Waals surface area contributed by atoms with E-state index in [0.717, 1.165) is 5.56 Å². The van der Waals surface area contributed by atoms with Crippen LogP contribution in [-0.2, 0) is 4.79 Å². The summed E-state index contributed by atoms with van der Waals surface area (Å²) >= 11 is 0. The second-order valence-electron chi connectivity index (χ2n) is 4.14. The number of amides is 1. The zero-order chi connectivity index (χ0) is 12.8. The first-order valence-electron chi connectivity index (χ1n) is 5.61. The molecular weight excluding hydrogens is 218 g/mol. The lowest BCUT2D eigenvalue weighted by molar-refractivity contribution is -0.129. The van der Waals surface area contributed by atoms with E-state index in [9.17, 15) is 9.90 Å². The largest absolute Gasteiger partial charge is 0.493 e. The molecule has 0 fully saturated rings. The molecule has 0 unspecified atom stereocenters. The molecule has 0 saturated heterocycles. The predicted octanol–water partition coefficient (Wildman–Crippen LogP) is 1.60. The van der Waals surface area contributed by atoms with Crippen LogP contribution in [-0.4, -0.2) is 36.6 Å². The molecule has 0 aromatic heterocycles. The highest BCUT2D eigenvalue weighted by molar-refractivity contribution is 5.75. The summed E-state index contributed by atoms with van der Waals surface area (Å²) in [7, 11) is 3.44. The molecule has 0 bridgehead atoms. The Hall–Kier alpha value is -1.55. The molecule has 4 nitrogen and oxygen atoms in total. The van der Waals surface area contributed by atoms with Gasteiger partial charge < -0.3 is 14.7 Å². The lowest BCUT2D eigenvalue weighted by atomic mass is 10.1. The monoisotopic (exact) mass is 237 g/mol. The van der Waals surface area contributed by atoms with Gasteiger partial charge in [0.05, 0.1) is 19.1 Å². The number of nitrogens with zero attached hydrogens (tertiary/aromatic N) is 1. The van der Waals surface area contributed by atoms with E-state index in [2.05, 4.69) is 0 Å². The van der Waals surface area contributed by atoms with Crippen molar-refractivity contribution < 1.29 is 14.6 Å². The van der Waals surface area contributed by atoms with Crippen molar-refractivity contribution in [1.82, 2.24) is 4.90 Å². The summed E-state index contributed by atoms with van der Waals surface area (Å²) in [4.78, 5) is 12.9. The van der Waals surface area contributed by atoms with E-state index in [1.54, 1.807) is 27.1 Å². The van der Waals surface area contributed by atoms with Crippen LogP contribution in [0, 0.1) is 0 Å². The van der Waals surface area contributed by atoms with E-state index in [0.29, 0.717) is 18.8 Å². The van der Waals surface area contributed by atoms with Gasteiger partial charge in [0.15, 0.2) is 0 Å². The van der Waals surface area contributed by atoms with Crippen LogP contribution in [0.2, 0.25) is 0 Å². The van der Waals surface area contributed by atoms with Gasteiger partial charge in [-0.1, -0.05) is 12.1 Å². The van der Waals surface area contributed by atoms with Crippen LogP contribution in [0.15, 0.2) is 24.3 Å². The summed E-state index contributed by atoms with van der Waals surface area (Å²) in [5.41, 5.74) is 0.807. The number of carbonyl (C=O) groups is 1. The molecule has 0 aliphatic carbocycles. The second-order valence-corrected chi connectivity index (χ2v) is 4.14. The van der Waals surface area contributed by atoms with Gasteiger partial charge in [-0.15, -0.1) is 0 Å². The Balaban J connectivity index is 2.47. The molecular formula is C13H19NO3. The Morgan fingerprint density at radius 1 is 1.47 bits per heavy atom. The third kappa shape index (κ3) is 4.44. The van der Waals surface area contributed by atoms with Gasteiger partial charge in [0.1, 0.15) is 5.75 Å². The highest BCUT2D eigenvalue weighted by atomic mass is 16.5. The van der Waals surface area contributed by atoms with E-state index in [4.69, 9.17) is 4.74 Å². The number of aliphatic hydroxyl groups is 1. The number of carbonyl (C=O) groups excluding carboxylic acids is 1. The predicted molar refractivity (Wildman–Crippen MR) is 65.9 cm³/mol. The maximum absolute atomic E-state index is 11.3. The summed E-state index contributed by atoms with van der Waals surface area (Å²) in [5.74, 6) is 0.714. The standard InChI is InChI=1S/C13H19NO3/c1-10(15)11-5-4-6-12(9-11)17-8-7-13(16)14(2)3/h4-6,9-10,15H,7-8H2,1-3H3/t10-/m1/s1. The van der Waals surface area contributed by atoms with Crippen molar-refractivity contribution in [2.45, 2.75) is 19.4 Å². The van der Waals surface area contributed by atoms with Crippen LogP contribution in [0.4, 0.5) is 0 Å². The van der Waals surface area contributed by atoms with Gasteiger partial charge >= 0.3 is 0 Å². The fraction of sp³-hybridized carbons (Fsp3) is 0.462. The number of hydrogen-bond donors (Lipinski definition) is 1. The highest BCUT2D eigenvalue weighted by Gasteiger charge is 2.05. The van der Waals surface area contributed by atoms with Crippen molar-refractivity contribution in [1.29, 1.82) is 0 Å². The Labute approximate surface area is 102 Å². The normalized spacial score (nSPS) is 12.0. The first kappa shape index (κ1) is 13.5. The number of benzene rings is 1. The molecule has 1 atom stereocenters. The number of ether oxygens (including phenoxy) is 1. The SMILES string of the molecule is C[C@@H](O)c1cccc(OCCC(=O)N(C)C)c1. The number of aliphatic hydroxyl groups excluding tert-OH is 1. The smallest absolute Gasteiger partial charge is 0.225 e. The van der Waals surface area contributed by atoms with Crippen molar-refractivity contribution in [2.75, 3.05) is 20.7 Å². The average Bonchev–Trinajstić information content (AvgIpc) is 2.29.